The molecular formula is C21H35IN4O2. The SMILES string of the molecule is CCNC(=NCc1ccc(C(=O)N2CCCCC2)cc1)NCC(C)(C)OC.I. The average Bonchev–Trinajstić information content (AvgIpc) is 2.70. The molecule has 1 saturated heterocycles. The predicted octanol–water partition coefficient (Wildman–Crippen LogP) is 3.41. The number of methoxy groups -OCH3 is 1. The van der Waals surface area contributed by atoms with Crippen LogP contribution in [0.4, 0.5) is 0 Å². The topological polar surface area (TPSA) is 66.0 Å². The number of likely N-dealkylation sites (tertiary alicyclic amines) is 1. The molecule has 0 atom stereocenters. The molecule has 1 aliphatic rings. The minimum atomic E-state index is -0.257. The smallest absolute Gasteiger partial charge is 0.253 e. The molecule has 1 aromatic rings. The van der Waals surface area contributed by atoms with Crippen molar-refractivity contribution in [2.75, 3.05) is 33.3 Å². The van der Waals surface area contributed by atoms with Crippen LogP contribution in [0.25, 0.3) is 0 Å². The zero-order chi connectivity index (χ0) is 19.7. The van der Waals surface area contributed by atoms with Crippen LogP contribution in [0.5, 0.6) is 0 Å². The number of halogens is 1. The zero-order valence-corrected chi connectivity index (χ0v) is 19.9. The molecule has 6 nitrogen and oxygen atoms in total. The van der Waals surface area contributed by atoms with Crippen molar-refractivity contribution < 1.29 is 9.53 Å². The summed E-state index contributed by atoms with van der Waals surface area (Å²) in [6.45, 7) is 9.87. The number of benzene rings is 1. The van der Waals surface area contributed by atoms with Crippen molar-refractivity contribution in [2.45, 2.75) is 52.2 Å². The summed E-state index contributed by atoms with van der Waals surface area (Å²) in [5.74, 6) is 0.901. The van der Waals surface area contributed by atoms with Crippen molar-refractivity contribution in [3.63, 3.8) is 0 Å². The van der Waals surface area contributed by atoms with Crippen molar-refractivity contribution in [1.82, 2.24) is 15.5 Å². The summed E-state index contributed by atoms with van der Waals surface area (Å²) >= 11 is 0. The Labute approximate surface area is 186 Å². The van der Waals surface area contributed by atoms with E-state index in [-0.39, 0.29) is 35.5 Å². The Morgan fingerprint density at radius 3 is 2.36 bits per heavy atom. The van der Waals surface area contributed by atoms with E-state index >= 15 is 0 Å². The first-order chi connectivity index (χ1) is 12.9. The lowest BCUT2D eigenvalue weighted by Crippen LogP contribution is -2.45. The normalized spacial score (nSPS) is 15.0. The van der Waals surface area contributed by atoms with Crippen LogP contribution in [0, 0.1) is 0 Å². The van der Waals surface area contributed by atoms with Gasteiger partial charge < -0.3 is 20.3 Å². The lowest BCUT2D eigenvalue weighted by molar-refractivity contribution is 0.0268. The summed E-state index contributed by atoms with van der Waals surface area (Å²) in [5, 5.41) is 6.55. The Morgan fingerprint density at radius 2 is 1.79 bits per heavy atom. The second-order valence-electron chi connectivity index (χ2n) is 7.56. The number of aliphatic imine (C=N–C) groups is 1. The van der Waals surface area contributed by atoms with Gasteiger partial charge >= 0.3 is 0 Å². The number of hydrogen-bond acceptors (Lipinski definition) is 3. The maximum absolute atomic E-state index is 12.5. The molecule has 2 N–H and O–H groups in total. The summed E-state index contributed by atoms with van der Waals surface area (Å²) < 4.78 is 5.43. The van der Waals surface area contributed by atoms with E-state index in [4.69, 9.17) is 4.74 Å². The minimum absolute atomic E-state index is 0. The maximum Gasteiger partial charge on any atom is 0.253 e. The highest BCUT2D eigenvalue weighted by Gasteiger charge is 2.18. The van der Waals surface area contributed by atoms with Gasteiger partial charge in [-0.2, -0.15) is 0 Å². The Morgan fingerprint density at radius 1 is 1.14 bits per heavy atom. The summed E-state index contributed by atoms with van der Waals surface area (Å²) in [6.07, 6.45) is 3.45. The van der Waals surface area contributed by atoms with Gasteiger partial charge in [0.15, 0.2) is 5.96 Å². The van der Waals surface area contributed by atoms with Crippen LogP contribution in [0.2, 0.25) is 0 Å². The van der Waals surface area contributed by atoms with Gasteiger partial charge in [-0.25, -0.2) is 4.99 Å². The number of piperidine rings is 1. The molecule has 1 aliphatic heterocycles. The van der Waals surface area contributed by atoms with E-state index in [0.29, 0.717) is 13.1 Å². The molecule has 1 aromatic carbocycles. The first-order valence-corrected chi connectivity index (χ1v) is 9.91. The molecule has 1 amide bonds. The average molecular weight is 502 g/mol. The second-order valence-corrected chi connectivity index (χ2v) is 7.56. The maximum atomic E-state index is 12.5. The van der Waals surface area contributed by atoms with Crippen molar-refractivity contribution in [3.05, 3.63) is 35.4 Å². The van der Waals surface area contributed by atoms with E-state index in [9.17, 15) is 4.79 Å². The quantitative estimate of drug-likeness (QED) is 0.341. The Bertz CT molecular complexity index is 626. The van der Waals surface area contributed by atoms with Crippen molar-refractivity contribution in [3.8, 4) is 0 Å². The van der Waals surface area contributed by atoms with E-state index in [0.717, 1.165) is 49.6 Å². The lowest BCUT2D eigenvalue weighted by Gasteiger charge is -2.26. The molecule has 0 radical (unpaired) electrons. The van der Waals surface area contributed by atoms with Gasteiger partial charge in [0.2, 0.25) is 0 Å². The number of amides is 1. The molecule has 158 valence electrons. The minimum Gasteiger partial charge on any atom is -0.377 e. The number of ether oxygens (including phenoxy) is 1. The first kappa shape index (κ1) is 24.7. The van der Waals surface area contributed by atoms with Crippen LogP contribution >= 0.6 is 24.0 Å². The number of carbonyl (C=O) groups is 1. The van der Waals surface area contributed by atoms with Gasteiger partial charge in [-0.3, -0.25) is 4.79 Å². The Kier molecular flexibility index (Phi) is 10.8. The van der Waals surface area contributed by atoms with Crippen LogP contribution in [0.1, 0.15) is 56.0 Å². The lowest BCUT2D eigenvalue weighted by atomic mass is 10.1. The van der Waals surface area contributed by atoms with Gasteiger partial charge in [0, 0.05) is 38.9 Å². The number of nitrogens with zero attached hydrogens (tertiary/aromatic N) is 2. The molecule has 7 heteroatoms. The summed E-state index contributed by atoms with van der Waals surface area (Å²) in [7, 11) is 1.71. The van der Waals surface area contributed by atoms with Gasteiger partial charge in [0.25, 0.3) is 5.91 Å². The van der Waals surface area contributed by atoms with Crippen LogP contribution in [-0.2, 0) is 11.3 Å². The highest BCUT2D eigenvalue weighted by molar-refractivity contribution is 14.0. The van der Waals surface area contributed by atoms with E-state index in [1.807, 2.05) is 49.9 Å². The summed E-state index contributed by atoms with van der Waals surface area (Å²) in [4.78, 5) is 19.1. The number of hydrogen-bond donors (Lipinski definition) is 2. The fourth-order valence-electron chi connectivity index (χ4n) is 2.91. The standard InChI is InChI=1S/C21H34N4O2.HI/c1-5-22-20(24-16-21(2,3)27-4)23-15-17-9-11-18(12-10-17)19(26)25-13-7-6-8-14-25;/h9-12H,5-8,13-16H2,1-4H3,(H2,22,23,24);1H. The fraction of sp³-hybridized carbons (Fsp3) is 0.619. The summed E-state index contributed by atoms with van der Waals surface area (Å²) in [5.41, 5.74) is 1.58. The molecule has 28 heavy (non-hydrogen) atoms. The monoisotopic (exact) mass is 502 g/mol. The summed E-state index contributed by atoms with van der Waals surface area (Å²) in [6, 6.07) is 7.80. The molecule has 2 rings (SSSR count). The third-order valence-electron chi connectivity index (χ3n) is 4.84. The van der Waals surface area contributed by atoms with E-state index in [1.165, 1.54) is 6.42 Å². The first-order valence-electron chi connectivity index (χ1n) is 9.91. The van der Waals surface area contributed by atoms with Crippen molar-refractivity contribution >= 4 is 35.8 Å². The van der Waals surface area contributed by atoms with Gasteiger partial charge in [-0.1, -0.05) is 12.1 Å². The van der Waals surface area contributed by atoms with Crippen molar-refractivity contribution in [2.24, 2.45) is 4.99 Å². The number of rotatable bonds is 7. The van der Waals surface area contributed by atoms with Gasteiger partial charge in [-0.15, -0.1) is 24.0 Å². The Hall–Kier alpha value is -1.35. The highest BCUT2D eigenvalue weighted by Crippen LogP contribution is 2.14. The predicted molar refractivity (Wildman–Crippen MR) is 126 cm³/mol. The van der Waals surface area contributed by atoms with Crippen LogP contribution in [0.15, 0.2) is 29.3 Å². The van der Waals surface area contributed by atoms with Gasteiger partial charge in [-0.05, 0) is 57.7 Å². The second kappa shape index (κ2) is 12.3. The third kappa shape index (κ3) is 7.95. The largest absolute Gasteiger partial charge is 0.377 e. The van der Waals surface area contributed by atoms with Crippen molar-refractivity contribution in [1.29, 1.82) is 0 Å². The number of carbonyl (C=O) groups excluding carboxylic acids is 1. The molecule has 0 saturated carbocycles. The van der Waals surface area contributed by atoms with E-state index in [1.54, 1.807) is 7.11 Å². The number of guanidine groups is 1. The molecule has 1 fully saturated rings. The number of nitrogens with one attached hydrogen (secondary N) is 2. The molecule has 0 bridgehead atoms. The third-order valence-corrected chi connectivity index (χ3v) is 4.84. The molecule has 0 aromatic heterocycles. The molecule has 0 unspecified atom stereocenters. The molecular weight excluding hydrogens is 467 g/mol. The van der Waals surface area contributed by atoms with Crippen LogP contribution in [0.3, 0.4) is 0 Å². The molecule has 1 heterocycles. The fourth-order valence-corrected chi connectivity index (χ4v) is 2.91. The highest BCUT2D eigenvalue weighted by atomic mass is 127. The van der Waals surface area contributed by atoms with Crippen LogP contribution in [-0.4, -0.2) is 55.7 Å². The molecule has 0 aliphatic carbocycles. The van der Waals surface area contributed by atoms with E-state index < -0.39 is 0 Å². The molecule has 0 spiro atoms. The zero-order valence-electron chi connectivity index (χ0n) is 17.6. The van der Waals surface area contributed by atoms with Gasteiger partial charge in [0.05, 0.1) is 12.1 Å². The van der Waals surface area contributed by atoms with Crippen LogP contribution < -0.4 is 10.6 Å². The van der Waals surface area contributed by atoms with E-state index in [2.05, 4.69) is 15.6 Å². The Balaban J connectivity index is 0.00000392. The van der Waals surface area contributed by atoms with Gasteiger partial charge in [0.1, 0.15) is 0 Å².